The smallest absolute Gasteiger partial charge is 0.0406 e. The largest absolute Gasteiger partial charge is 0.261 e. The molecule has 0 radical (unpaired) electrons. The second-order valence-electron chi connectivity index (χ2n) is 6.69. The molecule has 1 nitrogen and oxygen atoms in total. The Labute approximate surface area is 138 Å². The predicted molar refractivity (Wildman–Crippen MR) is 98.4 cm³/mol. The van der Waals surface area contributed by atoms with Crippen molar-refractivity contribution in [3.8, 4) is 0 Å². The highest BCUT2D eigenvalue weighted by Crippen LogP contribution is 2.13. The summed E-state index contributed by atoms with van der Waals surface area (Å²) in [4.78, 5) is 4.54. The molecule has 22 heavy (non-hydrogen) atoms. The minimum Gasteiger partial charge on any atom is -0.261 e. The van der Waals surface area contributed by atoms with Gasteiger partial charge in [-0.25, -0.2) is 0 Å². The molecule has 1 rings (SSSR count). The first-order valence-electron chi connectivity index (χ1n) is 9.80. The van der Waals surface area contributed by atoms with Gasteiger partial charge in [-0.05, 0) is 43.4 Å². The van der Waals surface area contributed by atoms with Gasteiger partial charge in [-0.15, -0.1) is 0 Å². The normalized spacial score (nSPS) is 11.0. The summed E-state index contributed by atoms with van der Waals surface area (Å²) in [6, 6.07) is 4.55. The van der Waals surface area contributed by atoms with Gasteiger partial charge in [0.15, 0.2) is 0 Å². The fraction of sp³-hybridized carbons (Fsp3) is 0.762. The molecule has 0 aliphatic rings. The van der Waals surface area contributed by atoms with Gasteiger partial charge in [0.1, 0.15) is 0 Å². The van der Waals surface area contributed by atoms with Crippen molar-refractivity contribution in [1.82, 2.24) is 4.98 Å². The number of nitrogens with zero attached hydrogens (tertiary/aromatic N) is 1. The lowest BCUT2D eigenvalue weighted by molar-refractivity contribution is 0.602. The van der Waals surface area contributed by atoms with Crippen LogP contribution in [-0.4, -0.2) is 4.98 Å². The Kier molecular flexibility index (Phi) is 12.0. The highest BCUT2D eigenvalue weighted by atomic mass is 14.7. The molecule has 0 spiro atoms. The van der Waals surface area contributed by atoms with E-state index in [1.165, 1.54) is 94.7 Å². The van der Waals surface area contributed by atoms with Gasteiger partial charge in [-0.1, -0.05) is 78.1 Å². The second kappa shape index (κ2) is 13.8. The molecule has 1 aromatic rings. The molecule has 0 atom stereocenters. The third-order valence-corrected chi connectivity index (χ3v) is 4.49. The Balaban J connectivity index is 2.13. The van der Waals surface area contributed by atoms with Gasteiger partial charge in [-0.3, -0.25) is 4.98 Å². The van der Waals surface area contributed by atoms with Crippen LogP contribution in [0.1, 0.15) is 102 Å². The Morgan fingerprint density at radius 2 is 1.23 bits per heavy atom. The van der Waals surface area contributed by atoms with E-state index in [-0.39, 0.29) is 0 Å². The van der Waals surface area contributed by atoms with Crippen LogP contribution in [0.15, 0.2) is 18.3 Å². The molecule has 0 aromatic carbocycles. The van der Waals surface area contributed by atoms with E-state index in [9.17, 15) is 0 Å². The molecule has 0 aliphatic carbocycles. The summed E-state index contributed by atoms with van der Waals surface area (Å²) in [7, 11) is 0. The summed E-state index contributed by atoms with van der Waals surface area (Å²) < 4.78 is 0. The van der Waals surface area contributed by atoms with Crippen LogP contribution in [-0.2, 0) is 12.8 Å². The molecule has 0 saturated heterocycles. The lowest BCUT2D eigenvalue weighted by Crippen LogP contribution is -1.94. The van der Waals surface area contributed by atoms with Gasteiger partial charge < -0.3 is 0 Å². The predicted octanol–water partition coefficient (Wildman–Crippen LogP) is 6.89. The molecule has 1 aromatic heterocycles. The minimum atomic E-state index is 1.16. The fourth-order valence-electron chi connectivity index (χ4n) is 3.02. The Hall–Kier alpha value is -0.850. The molecule has 0 amide bonds. The first kappa shape index (κ1) is 19.2. The standard InChI is InChI=1S/C21H37N/c1-3-5-7-9-11-13-15-20-17-18-22-21(19-20)16-14-12-10-8-6-4-2/h17-19H,3-16H2,1-2H3. The molecule has 1 heterocycles. The monoisotopic (exact) mass is 303 g/mol. The van der Waals surface area contributed by atoms with Crippen LogP contribution in [0.2, 0.25) is 0 Å². The number of hydrogen-bond donors (Lipinski definition) is 0. The Morgan fingerprint density at radius 3 is 1.86 bits per heavy atom. The van der Waals surface area contributed by atoms with Gasteiger partial charge >= 0.3 is 0 Å². The SMILES string of the molecule is CCCCCCCCc1ccnc(CCCCCCCC)c1. The van der Waals surface area contributed by atoms with Crippen molar-refractivity contribution in [3.63, 3.8) is 0 Å². The quantitative estimate of drug-likeness (QED) is 0.341. The average Bonchev–Trinajstić information content (AvgIpc) is 2.54. The molecule has 126 valence electrons. The average molecular weight is 304 g/mol. The molecular weight excluding hydrogens is 266 g/mol. The first-order valence-corrected chi connectivity index (χ1v) is 9.80. The summed E-state index contributed by atoms with van der Waals surface area (Å²) in [5, 5.41) is 0. The lowest BCUT2D eigenvalue weighted by Gasteiger charge is -2.05. The molecule has 0 saturated carbocycles. The number of rotatable bonds is 14. The summed E-state index contributed by atoms with van der Waals surface area (Å²) in [6.07, 6.45) is 20.9. The molecule has 0 N–H and O–H groups in total. The highest BCUT2D eigenvalue weighted by molar-refractivity contribution is 5.16. The summed E-state index contributed by atoms with van der Waals surface area (Å²) in [5.74, 6) is 0. The van der Waals surface area contributed by atoms with E-state index in [4.69, 9.17) is 0 Å². The van der Waals surface area contributed by atoms with Crippen molar-refractivity contribution >= 4 is 0 Å². The molecule has 0 bridgehead atoms. The molecule has 0 aliphatic heterocycles. The minimum absolute atomic E-state index is 1.16. The highest BCUT2D eigenvalue weighted by Gasteiger charge is 1.99. The van der Waals surface area contributed by atoms with Crippen molar-refractivity contribution in [2.45, 2.75) is 104 Å². The second-order valence-corrected chi connectivity index (χ2v) is 6.69. The Bertz CT molecular complexity index is 327. The summed E-state index contributed by atoms with van der Waals surface area (Å²) in [6.45, 7) is 4.56. The van der Waals surface area contributed by atoms with E-state index in [2.05, 4.69) is 31.0 Å². The van der Waals surface area contributed by atoms with Gasteiger partial charge in [0.05, 0.1) is 0 Å². The third kappa shape index (κ3) is 9.97. The van der Waals surface area contributed by atoms with Crippen molar-refractivity contribution in [1.29, 1.82) is 0 Å². The summed E-state index contributed by atoms with van der Waals surface area (Å²) in [5.41, 5.74) is 2.80. The molecule has 0 fully saturated rings. The Morgan fingerprint density at radius 1 is 0.682 bits per heavy atom. The summed E-state index contributed by atoms with van der Waals surface area (Å²) >= 11 is 0. The van der Waals surface area contributed by atoms with Crippen molar-refractivity contribution in [2.24, 2.45) is 0 Å². The van der Waals surface area contributed by atoms with Gasteiger partial charge in [0, 0.05) is 11.9 Å². The lowest BCUT2D eigenvalue weighted by atomic mass is 10.0. The molecular formula is C21H37N. The van der Waals surface area contributed by atoms with Crippen LogP contribution in [0.3, 0.4) is 0 Å². The first-order chi connectivity index (χ1) is 10.9. The zero-order valence-corrected chi connectivity index (χ0v) is 15.1. The number of unbranched alkanes of at least 4 members (excludes halogenated alkanes) is 10. The van der Waals surface area contributed by atoms with Crippen molar-refractivity contribution < 1.29 is 0 Å². The van der Waals surface area contributed by atoms with E-state index in [1.807, 2.05) is 6.20 Å². The van der Waals surface area contributed by atoms with E-state index < -0.39 is 0 Å². The van der Waals surface area contributed by atoms with Crippen LogP contribution in [0.4, 0.5) is 0 Å². The van der Waals surface area contributed by atoms with Crippen LogP contribution in [0, 0.1) is 0 Å². The zero-order chi connectivity index (χ0) is 15.9. The van der Waals surface area contributed by atoms with E-state index in [1.54, 1.807) is 0 Å². The number of aryl methyl sites for hydroxylation is 2. The van der Waals surface area contributed by atoms with Crippen molar-refractivity contribution in [3.05, 3.63) is 29.6 Å². The fourth-order valence-corrected chi connectivity index (χ4v) is 3.02. The van der Waals surface area contributed by atoms with Gasteiger partial charge in [0.2, 0.25) is 0 Å². The van der Waals surface area contributed by atoms with Crippen LogP contribution in [0.25, 0.3) is 0 Å². The van der Waals surface area contributed by atoms with Crippen molar-refractivity contribution in [2.75, 3.05) is 0 Å². The van der Waals surface area contributed by atoms with Crippen LogP contribution >= 0.6 is 0 Å². The maximum atomic E-state index is 4.54. The third-order valence-electron chi connectivity index (χ3n) is 4.49. The van der Waals surface area contributed by atoms with E-state index >= 15 is 0 Å². The van der Waals surface area contributed by atoms with E-state index in [0.717, 1.165) is 6.42 Å². The van der Waals surface area contributed by atoms with Gasteiger partial charge in [-0.2, -0.15) is 0 Å². The number of pyridine rings is 1. The maximum absolute atomic E-state index is 4.54. The maximum Gasteiger partial charge on any atom is 0.0406 e. The van der Waals surface area contributed by atoms with Crippen LogP contribution < -0.4 is 0 Å². The van der Waals surface area contributed by atoms with Crippen LogP contribution in [0.5, 0.6) is 0 Å². The number of hydrogen-bond acceptors (Lipinski definition) is 1. The topological polar surface area (TPSA) is 12.9 Å². The van der Waals surface area contributed by atoms with Gasteiger partial charge in [0.25, 0.3) is 0 Å². The molecule has 0 unspecified atom stereocenters. The molecule has 1 heteroatoms. The zero-order valence-electron chi connectivity index (χ0n) is 15.1. The number of aromatic nitrogens is 1. The van der Waals surface area contributed by atoms with E-state index in [0.29, 0.717) is 0 Å².